The van der Waals surface area contributed by atoms with E-state index in [1.807, 2.05) is 0 Å². The number of nitrogens with one attached hydrogen (secondary N) is 2. The zero-order valence-electron chi connectivity index (χ0n) is 16.2. The summed E-state index contributed by atoms with van der Waals surface area (Å²) in [5.74, 6) is -2.58. The van der Waals surface area contributed by atoms with Gasteiger partial charge in [0.05, 0.1) is 11.1 Å². The van der Waals surface area contributed by atoms with Gasteiger partial charge in [0.1, 0.15) is 29.0 Å². The van der Waals surface area contributed by atoms with Gasteiger partial charge in [0, 0.05) is 37.2 Å². The minimum Gasteiger partial charge on any atom is -0.391 e. The molecular weight excluding hydrogens is 430 g/mol. The molecule has 10 heteroatoms. The number of H-pyrrole nitrogens is 1. The molecule has 2 atom stereocenters. The number of aliphatic hydroxyl groups is 1. The molecule has 1 fully saturated rings. The average Bonchev–Trinajstić information content (AvgIpc) is 3.34. The Labute approximate surface area is 181 Å². The standard InChI is InChI=1S/C21H19ClF2N4O3/c22-13-5-12-7-17(26-19(12)25-9-13)20(30)27-18(21(31)28-4-3-15(29)10-28)6-11-1-2-14(23)8-16(11)24/h1-2,5,7-9,15,18,29H,3-4,6,10H2,(H,25,26)(H,27,30)/t15?,18-/m0/s1. The Morgan fingerprint density at radius 2 is 2.13 bits per heavy atom. The fourth-order valence-corrected chi connectivity index (χ4v) is 3.78. The highest BCUT2D eigenvalue weighted by molar-refractivity contribution is 6.31. The van der Waals surface area contributed by atoms with Crippen molar-refractivity contribution in [3.63, 3.8) is 0 Å². The average molecular weight is 449 g/mol. The summed E-state index contributed by atoms with van der Waals surface area (Å²) in [4.78, 5) is 34.2. The fourth-order valence-electron chi connectivity index (χ4n) is 3.62. The molecule has 1 aliphatic rings. The lowest BCUT2D eigenvalue weighted by Crippen LogP contribution is -2.49. The minimum atomic E-state index is -1.11. The summed E-state index contributed by atoms with van der Waals surface area (Å²) in [6.07, 6.45) is 1.04. The zero-order chi connectivity index (χ0) is 22.1. The molecule has 0 bridgehead atoms. The monoisotopic (exact) mass is 448 g/mol. The highest BCUT2D eigenvalue weighted by Gasteiger charge is 2.32. The second-order valence-electron chi connectivity index (χ2n) is 7.47. The third kappa shape index (κ3) is 4.67. The van der Waals surface area contributed by atoms with Crippen LogP contribution in [0.5, 0.6) is 0 Å². The van der Waals surface area contributed by atoms with Crippen molar-refractivity contribution in [3.05, 3.63) is 64.4 Å². The van der Waals surface area contributed by atoms with Gasteiger partial charge in [-0.1, -0.05) is 17.7 Å². The largest absolute Gasteiger partial charge is 0.391 e. The van der Waals surface area contributed by atoms with Gasteiger partial charge < -0.3 is 20.3 Å². The van der Waals surface area contributed by atoms with E-state index in [-0.39, 0.29) is 24.2 Å². The van der Waals surface area contributed by atoms with Crippen LogP contribution in [0.3, 0.4) is 0 Å². The van der Waals surface area contributed by atoms with Gasteiger partial charge in [0.15, 0.2) is 0 Å². The van der Waals surface area contributed by atoms with E-state index in [1.54, 1.807) is 12.1 Å². The quantitative estimate of drug-likeness (QED) is 0.558. The van der Waals surface area contributed by atoms with Crippen LogP contribution in [0.4, 0.5) is 8.78 Å². The topological polar surface area (TPSA) is 98.3 Å². The summed E-state index contributed by atoms with van der Waals surface area (Å²) in [6, 6.07) is 5.13. The van der Waals surface area contributed by atoms with Crippen molar-refractivity contribution in [1.29, 1.82) is 0 Å². The molecule has 162 valence electrons. The van der Waals surface area contributed by atoms with Crippen molar-refractivity contribution in [1.82, 2.24) is 20.2 Å². The number of hydrogen-bond acceptors (Lipinski definition) is 4. The van der Waals surface area contributed by atoms with Crippen molar-refractivity contribution >= 4 is 34.4 Å². The SMILES string of the molecule is O=C(N[C@@H](Cc1ccc(F)cc1F)C(=O)N1CCC(O)C1)c1cc2cc(Cl)cnc2[nH]1. The second kappa shape index (κ2) is 8.60. The Bertz CT molecular complexity index is 1150. The van der Waals surface area contributed by atoms with Crippen LogP contribution in [0.15, 0.2) is 36.5 Å². The lowest BCUT2D eigenvalue weighted by molar-refractivity contribution is -0.132. The summed E-state index contributed by atoms with van der Waals surface area (Å²) >= 11 is 5.92. The molecule has 0 radical (unpaired) electrons. The number of likely N-dealkylation sites (tertiary alicyclic amines) is 1. The van der Waals surface area contributed by atoms with Crippen LogP contribution >= 0.6 is 11.6 Å². The minimum absolute atomic E-state index is 0.0879. The number of pyridine rings is 1. The number of carbonyl (C=O) groups is 2. The number of aromatic amines is 1. The number of nitrogens with zero attached hydrogens (tertiary/aromatic N) is 2. The molecule has 1 saturated heterocycles. The van der Waals surface area contributed by atoms with Gasteiger partial charge in [0.2, 0.25) is 5.91 Å². The lowest BCUT2D eigenvalue weighted by atomic mass is 10.0. The predicted octanol–water partition coefficient (Wildman–Crippen LogP) is 2.43. The third-order valence-corrected chi connectivity index (χ3v) is 5.41. The molecule has 0 saturated carbocycles. The van der Waals surface area contributed by atoms with Gasteiger partial charge in [-0.15, -0.1) is 0 Å². The van der Waals surface area contributed by atoms with Crippen molar-refractivity contribution in [2.75, 3.05) is 13.1 Å². The van der Waals surface area contributed by atoms with Crippen LogP contribution in [-0.4, -0.2) is 57.0 Å². The molecule has 1 aliphatic heterocycles. The van der Waals surface area contributed by atoms with E-state index in [4.69, 9.17) is 11.6 Å². The molecule has 3 N–H and O–H groups in total. The number of fused-ring (bicyclic) bond motifs is 1. The molecule has 2 aromatic heterocycles. The number of aliphatic hydroxyl groups excluding tert-OH is 1. The van der Waals surface area contributed by atoms with Crippen LogP contribution in [0.1, 0.15) is 22.5 Å². The van der Waals surface area contributed by atoms with Gasteiger partial charge >= 0.3 is 0 Å². The first kappa shape index (κ1) is 21.2. The van der Waals surface area contributed by atoms with Crippen molar-refractivity contribution in [3.8, 4) is 0 Å². The summed E-state index contributed by atoms with van der Waals surface area (Å²) in [6.45, 7) is 0.457. The Morgan fingerprint density at radius 1 is 1.32 bits per heavy atom. The molecule has 0 aliphatic carbocycles. The molecule has 1 unspecified atom stereocenters. The summed E-state index contributed by atoms with van der Waals surface area (Å²) < 4.78 is 27.5. The van der Waals surface area contributed by atoms with Crippen LogP contribution in [0.25, 0.3) is 11.0 Å². The maximum atomic E-state index is 14.2. The maximum Gasteiger partial charge on any atom is 0.268 e. The Balaban J connectivity index is 1.59. The number of rotatable bonds is 5. The maximum absolute atomic E-state index is 14.2. The number of carbonyl (C=O) groups excluding carboxylic acids is 2. The van der Waals surface area contributed by atoms with Gasteiger partial charge in [-0.2, -0.15) is 0 Å². The highest BCUT2D eigenvalue weighted by atomic mass is 35.5. The lowest BCUT2D eigenvalue weighted by Gasteiger charge is -2.24. The Hall–Kier alpha value is -3.04. The zero-order valence-corrected chi connectivity index (χ0v) is 17.0. The number of amides is 2. The molecule has 0 spiro atoms. The molecule has 2 amide bonds. The molecular formula is C21H19ClF2N4O3. The number of hydrogen-bond donors (Lipinski definition) is 3. The smallest absolute Gasteiger partial charge is 0.268 e. The predicted molar refractivity (Wildman–Crippen MR) is 110 cm³/mol. The molecule has 3 heterocycles. The van der Waals surface area contributed by atoms with E-state index >= 15 is 0 Å². The van der Waals surface area contributed by atoms with Crippen molar-refractivity contribution < 1.29 is 23.5 Å². The summed E-state index contributed by atoms with van der Waals surface area (Å²) in [5, 5.41) is 13.4. The summed E-state index contributed by atoms with van der Waals surface area (Å²) in [5.41, 5.74) is 0.693. The van der Waals surface area contributed by atoms with Gasteiger partial charge in [0.25, 0.3) is 5.91 Å². The Kier molecular flexibility index (Phi) is 5.88. The number of benzene rings is 1. The van der Waals surface area contributed by atoms with E-state index < -0.39 is 35.6 Å². The first-order valence-corrected chi connectivity index (χ1v) is 10.0. The van der Waals surface area contributed by atoms with Crippen LogP contribution in [0, 0.1) is 11.6 Å². The molecule has 4 rings (SSSR count). The fraction of sp³-hybridized carbons (Fsp3) is 0.286. The molecule has 31 heavy (non-hydrogen) atoms. The van der Waals surface area contributed by atoms with Crippen LogP contribution < -0.4 is 5.32 Å². The van der Waals surface area contributed by atoms with Gasteiger partial charge in [-0.3, -0.25) is 9.59 Å². The first-order chi connectivity index (χ1) is 14.8. The van der Waals surface area contributed by atoms with E-state index in [0.29, 0.717) is 29.0 Å². The van der Waals surface area contributed by atoms with Crippen molar-refractivity contribution in [2.24, 2.45) is 0 Å². The van der Waals surface area contributed by atoms with Crippen molar-refractivity contribution in [2.45, 2.75) is 25.0 Å². The number of β-amino-alcohol motifs (C(OH)–C–C–N with tert-alkyl or cyclic N) is 1. The third-order valence-electron chi connectivity index (χ3n) is 5.20. The molecule has 7 nitrogen and oxygen atoms in total. The molecule has 1 aromatic carbocycles. The van der Waals surface area contributed by atoms with E-state index in [9.17, 15) is 23.5 Å². The summed E-state index contributed by atoms with van der Waals surface area (Å²) in [7, 11) is 0. The van der Waals surface area contributed by atoms with Crippen LogP contribution in [0.2, 0.25) is 5.02 Å². The normalized spacial score (nSPS) is 17.2. The van der Waals surface area contributed by atoms with Gasteiger partial charge in [-0.05, 0) is 30.2 Å². The van der Waals surface area contributed by atoms with E-state index in [1.165, 1.54) is 17.2 Å². The Morgan fingerprint density at radius 3 is 2.84 bits per heavy atom. The highest BCUT2D eigenvalue weighted by Crippen LogP contribution is 2.19. The van der Waals surface area contributed by atoms with E-state index in [2.05, 4.69) is 15.3 Å². The number of aromatic nitrogens is 2. The molecule has 3 aromatic rings. The van der Waals surface area contributed by atoms with Crippen LogP contribution in [-0.2, 0) is 11.2 Å². The number of halogens is 3. The van der Waals surface area contributed by atoms with Gasteiger partial charge in [-0.25, -0.2) is 13.8 Å². The second-order valence-corrected chi connectivity index (χ2v) is 7.90. The first-order valence-electron chi connectivity index (χ1n) is 9.66. The van der Waals surface area contributed by atoms with E-state index in [0.717, 1.165) is 12.1 Å².